The van der Waals surface area contributed by atoms with E-state index in [0.29, 0.717) is 5.69 Å². The molecule has 6 nitrogen and oxygen atoms in total. The van der Waals surface area contributed by atoms with E-state index in [1.54, 1.807) is 24.3 Å². The Morgan fingerprint density at radius 1 is 1.05 bits per heavy atom. The third kappa shape index (κ3) is 3.10. The van der Waals surface area contributed by atoms with Crippen molar-refractivity contribution in [1.29, 1.82) is 0 Å². The van der Waals surface area contributed by atoms with Gasteiger partial charge in [0.2, 0.25) is 10.0 Å². The zero-order chi connectivity index (χ0) is 16.3. The van der Waals surface area contributed by atoms with Gasteiger partial charge < -0.3 is 10.4 Å². The topological polar surface area (TPSA) is 86.7 Å². The highest BCUT2D eigenvalue weighted by Crippen LogP contribution is 2.30. The molecule has 0 aromatic heterocycles. The van der Waals surface area contributed by atoms with Gasteiger partial charge in [0.1, 0.15) is 4.90 Å². The maximum absolute atomic E-state index is 12.4. The number of anilines is 2. The average molecular weight is 320 g/mol. The van der Waals surface area contributed by atoms with Crippen molar-refractivity contribution in [3.05, 3.63) is 54.1 Å². The van der Waals surface area contributed by atoms with Crippen LogP contribution in [0.3, 0.4) is 0 Å². The molecule has 0 amide bonds. The molecule has 0 aliphatic heterocycles. The Morgan fingerprint density at radius 2 is 1.68 bits per heavy atom. The maximum atomic E-state index is 12.4. The molecule has 0 unspecified atom stereocenters. The number of sulfonamides is 1. The van der Waals surface area contributed by atoms with Gasteiger partial charge in [-0.25, -0.2) is 17.5 Å². The van der Waals surface area contributed by atoms with E-state index in [-0.39, 0.29) is 16.1 Å². The van der Waals surface area contributed by atoms with Gasteiger partial charge >= 0.3 is 5.97 Å². The number of carbonyl (C=O) groups is 1. The van der Waals surface area contributed by atoms with Crippen molar-refractivity contribution in [3.8, 4) is 0 Å². The lowest BCUT2D eigenvalue weighted by Crippen LogP contribution is -2.23. The van der Waals surface area contributed by atoms with Crippen LogP contribution in [-0.4, -0.2) is 37.9 Å². The van der Waals surface area contributed by atoms with Gasteiger partial charge in [-0.05, 0) is 24.3 Å². The van der Waals surface area contributed by atoms with Gasteiger partial charge in [-0.15, -0.1) is 0 Å². The standard InChI is InChI=1S/C15H16N2O4S/c1-17(2)22(20,21)13-10-6-9-12(15(18)19)14(13)16-11-7-4-3-5-8-11/h3-10,16H,1-2H3,(H,18,19). The first kappa shape index (κ1) is 16.0. The fourth-order valence-corrected chi connectivity index (χ4v) is 2.98. The Labute approximate surface area is 129 Å². The Balaban J connectivity index is 2.65. The number of carboxylic acids is 1. The van der Waals surface area contributed by atoms with Crippen molar-refractivity contribution in [2.24, 2.45) is 0 Å². The molecular weight excluding hydrogens is 304 g/mol. The SMILES string of the molecule is CN(C)S(=O)(=O)c1cccc(C(=O)O)c1Nc1ccccc1. The van der Waals surface area contributed by atoms with Crippen LogP contribution in [0.15, 0.2) is 53.4 Å². The third-order valence-electron chi connectivity index (χ3n) is 3.06. The first-order chi connectivity index (χ1) is 10.3. The number of aromatic carboxylic acids is 1. The molecule has 0 fully saturated rings. The van der Waals surface area contributed by atoms with E-state index in [2.05, 4.69) is 5.32 Å². The minimum atomic E-state index is -3.78. The molecule has 0 radical (unpaired) electrons. The van der Waals surface area contributed by atoms with E-state index < -0.39 is 16.0 Å². The van der Waals surface area contributed by atoms with E-state index in [0.717, 1.165) is 4.31 Å². The smallest absolute Gasteiger partial charge is 0.337 e. The fourth-order valence-electron chi connectivity index (χ4n) is 1.92. The monoisotopic (exact) mass is 320 g/mol. The van der Waals surface area contributed by atoms with E-state index in [9.17, 15) is 18.3 Å². The number of hydrogen-bond acceptors (Lipinski definition) is 4. The van der Waals surface area contributed by atoms with Crippen molar-refractivity contribution in [2.75, 3.05) is 19.4 Å². The molecular formula is C15H16N2O4S. The lowest BCUT2D eigenvalue weighted by atomic mass is 10.1. The summed E-state index contributed by atoms with van der Waals surface area (Å²) < 4.78 is 25.9. The van der Waals surface area contributed by atoms with Crippen LogP contribution in [0.5, 0.6) is 0 Å². The molecule has 0 atom stereocenters. The first-order valence-electron chi connectivity index (χ1n) is 6.45. The highest BCUT2D eigenvalue weighted by Gasteiger charge is 2.25. The Bertz CT molecular complexity index is 786. The number of carboxylic acid groups (broad SMARTS) is 1. The molecule has 0 bridgehead atoms. The van der Waals surface area contributed by atoms with Crippen LogP contribution >= 0.6 is 0 Å². The van der Waals surface area contributed by atoms with E-state index >= 15 is 0 Å². The van der Waals surface area contributed by atoms with Crippen molar-refractivity contribution >= 4 is 27.4 Å². The summed E-state index contributed by atoms with van der Waals surface area (Å²) in [7, 11) is -0.980. The molecule has 0 saturated heterocycles. The number of nitrogens with one attached hydrogen (secondary N) is 1. The lowest BCUT2D eigenvalue weighted by Gasteiger charge is -2.18. The van der Waals surface area contributed by atoms with Gasteiger partial charge in [0, 0.05) is 19.8 Å². The number of nitrogens with zero attached hydrogens (tertiary/aromatic N) is 1. The average Bonchev–Trinajstić information content (AvgIpc) is 2.48. The van der Waals surface area contributed by atoms with Gasteiger partial charge in [-0.2, -0.15) is 0 Å². The van der Waals surface area contributed by atoms with Crippen molar-refractivity contribution in [3.63, 3.8) is 0 Å². The summed E-state index contributed by atoms with van der Waals surface area (Å²) >= 11 is 0. The van der Waals surface area contributed by atoms with Crippen molar-refractivity contribution in [1.82, 2.24) is 4.31 Å². The maximum Gasteiger partial charge on any atom is 0.337 e. The summed E-state index contributed by atoms with van der Waals surface area (Å²) in [6, 6.07) is 13.0. The van der Waals surface area contributed by atoms with Gasteiger partial charge in [0.15, 0.2) is 0 Å². The van der Waals surface area contributed by atoms with Crippen LogP contribution in [-0.2, 0) is 10.0 Å². The van der Waals surface area contributed by atoms with E-state index in [1.165, 1.54) is 32.3 Å². The summed E-state index contributed by atoms with van der Waals surface area (Å²) in [5.74, 6) is -1.20. The molecule has 2 aromatic carbocycles. The summed E-state index contributed by atoms with van der Waals surface area (Å²) in [5, 5.41) is 12.2. The number of para-hydroxylation sites is 2. The van der Waals surface area contributed by atoms with Gasteiger partial charge in [0.05, 0.1) is 11.3 Å². The molecule has 0 saturated carbocycles. The van der Waals surface area contributed by atoms with E-state index in [4.69, 9.17) is 0 Å². The quantitative estimate of drug-likeness (QED) is 0.883. The van der Waals surface area contributed by atoms with Crippen LogP contribution in [0, 0.1) is 0 Å². The zero-order valence-electron chi connectivity index (χ0n) is 12.1. The molecule has 0 heterocycles. The highest BCUT2D eigenvalue weighted by molar-refractivity contribution is 7.89. The van der Waals surface area contributed by atoms with E-state index in [1.807, 2.05) is 6.07 Å². The lowest BCUT2D eigenvalue weighted by molar-refractivity contribution is 0.0698. The molecule has 0 aliphatic carbocycles. The van der Waals surface area contributed by atoms with Crippen LogP contribution in [0.1, 0.15) is 10.4 Å². The minimum Gasteiger partial charge on any atom is -0.478 e. The molecule has 7 heteroatoms. The Morgan fingerprint density at radius 3 is 2.23 bits per heavy atom. The van der Waals surface area contributed by atoms with Crippen molar-refractivity contribution < 1.29 is 18.3 Å². The minimum absolute atomic E-state index is 0.0508. The summed E-state index contributed by atoms with van der Waals surface area (Å²) in [4.78, 5) is 11.3. The highest BCUT2D eigenvalue weighted by atomic mass is 32.2. The van der Waals surface area contributed by atoms with Crippen LogP contribution in [0.25, 0.3) is 0 Å². The second-order valence-corrected chi connectivity index (χ2v) is 6.88. The van der Waals surface area contributed by atoms with Gasteiger partial charge in [-0.3, -0.25) is 0 Å². The molecule has 0 spiro atoms. The van der Waals surface area contributed by atoms with Crippen LogP contribution in [0.2, 0.25) is 0 Å². The molecule has 22 heavy (non-hydrogen) atoms. The summed E-state index contributed by atoms with van der Waals surface area (Å²) in [6.45, 7) is 0. The Kier molecular flexibility index (Phi) is 4.48. The molecule has 2 rings (SSSR count). The molecule has 0 aliphatic rings. The zero-order valence-corrected chi connectivity index (χ0v) is 13.0. The molecule has 2 aromatic rings. The summed E-state index contributed by atoms with van der Waals surface area (Å²) in [5.41, 5.74) is 0.549. The van der Waals surface area contributed by atoms with Crippen molar-refractivity contribution in [2.45, 2.75) is 4.90 Å². The number of benzene rings is 2. The first-order valence-corrected chi connectivity index (χ1v) is 7.89. The Hall–Kier alpha value is -2.38. The van der Waals surface area contributed by atoms with Crippen LogP contribution < -0.4 is 5.32 Å². The normalized spacial score (nSPS) is 11.4. The predicted molar refractivity (Wildman–Crippen MR) is 84.0 cm³/mol. The van der Waals surface area contributed by atoms with Gasteiger partial charge in [-0.1, -0.05) is 24.3 Å². The summed E-state index contributed by atoms with van der Waals surface area (Å²) in [6.07, 6.45) is 0. The second-order valence-electron chi connectivity index (χ2n) is 4.76. The molecule has 116 valence electrons. The number of hydrogen-bond donors (Lipinski definition) is 2. The second kappa shape index (κ2) is 6.17. The third-order valence-corrected chi connectivity index (χ3v) is 4.92. The largest absolute Gasteiger partial charge is 0.478 e. The molecule has 2 N–H and O–H groups in total. The predicted octanol–water partition coefficient (Wildman–Crippen LogP) is 2.38. The van der Waals surface area contributed by atoms with Gasteiger partial charge in [0.25, 0.3) is 0 Å². The number of rotatable bonds is 5. The van der Waals surface area contributed by atoms with Crippen LogP contribution in [0.4, 0.5) is 11.4 Å². The fraction of sp³-hybridized carbons (Fsp3) is 0.133.